The molecule has 0 aliphatic carbocycles. The van der Waals surface area contributed by atoms with E-state index < -0.39 is 11.6 Å². The Labute approximate surface area is 185 Å². The van der Waals surface area contributed by atoms with E-state index in [0.29, 0.717) is 22.6 Å². The van der Waals surface area contributed by atoms with Crippen molar-refractivity contribution in [3.63, 3.8) is 0 Å². The van der Waals surface area contributed by atoms with E-state index in [4.69, 9.17) is 9.97 Å². The molecule has 0 saturated heterocycles. The zero-order valence-corrected chi connectivity index (χ0v) is 17.9. The van der Waals surface area contributed by atoms with Crippen LogP contribution in [0.3, 0.4) is 0 Å². The summed E-state index contributed by atoms with van der Waals surface area (Å²) in [7, 11) is 0. The molecule has 0 atom stereocenters. The first-order chi connectivity index (χ1) is 15.3. The van der Waals surface area contributed by atoms with Crippen molar-refractivity contribution in [3.05, 3.63) is 95.0 Å². The van der Waals surface area contributed by atoms with Crippen molar-refractivity contribution in [1.29, 1.82) is 0 Å². The molecule has 0 radical (unpaired) electrons. The monoisotopic (exact) mass is 426 g/mol. The van der Waals surface area contributed by atoms with Crippen molar-refractivity contribution in [2.75, 3.05) is 0 Å². The Bertz CT molecular complexity index is 1380. The van der Waals surface area contributed by atoms with Gasteiger partial charge in [-0.15, -0.1) is 0 Å². The van der Waals surface area contributed by atoms with Crippen LogP contribution >= 0.6 is 0 Å². The molecule has 0 unspecified atom stereocenters. The normalized spacial score (nSPS) is 11.5. The number of aromatic nitrogens is 4. The Kier molecular flexibility index (Phi) is 5.74. The smallest absolute Gasteiger partial charge is 0.141 e. The molecule has 1 aromatic carbocycles. The van der Waals surface area contributed by atoms with Crippen LogP contribution in [-0.4, -0.2) is 19.9 Å². The van der Waals surface area contributed by atoms with Crippen LogP contribution in [0.2, 0.25) is 0 Å². The number of halogens is 2. The molecule has 0 aliphatic rings. The van der Waals surface area contributed by atoms with Gasteiger partial charge in [0.25, 0.3) is 0 Å². The third-order valence-electron chi connectivity index (χ3n) is 4.67. The lowest BCUT2D eigenvalue weighted by Crippen LogP contribution is -2.17. The Morgan fingerprint density at radius 3 is 2.44 bits per heavy atom. The van der Waals surface area contributed by atoms with Gasteiger partial charge in [-0.1, -0.05) is 38.7 Å². The number of benzene rings is 1. The quantitative estimate of drug-likeness (QED) is 0.394. The zero-order valence-electron chi connectivity index (χ0n) is 17.9. The highest BCUT2D eigenvalue weighted by Crippen LogP contribution is 2.25. The lowest BCUT2D eigenvalue weighted by atomic mass is 9.95. The van der Waals surface area contributed by atoms with Crippen LogP contribution in [0.1, 0.15) is 49.1 Å². The average Bonchev–Trinajstić information content (AvgIpc) is 2.77. The number of nitrogens with zero attached hydrogens (tertiary/aromatic N) is 4. The summed E-state index contributed by atoms with van der Waals surface area (Å²) in [5.74, 6) is 4.99. The first-order valence-electron chi connectivity index (χ1n) is 10.0. The minimum atomic E-state index is -0.713. The van der Waals surface area contributed by atoms with Gasteiger partial charge in [-0.3, -0.25) is 9.97 Å². The summed E-state index contributed by atoms with van der Waals surface area (Å²) in [4.78, 5) is 18.1. The van der Waals surface area contributed by atoms with Crippen molar-refractivity contribution >= 4 is 23.1 Å². The van der Waals surface area contributed by atoms with Crippen LogP contribution in [0.4, 0.5) is 8.78 Å². The fourth-order valence-corrected chi connectivity index (χ4v) is 2.99. The van der Waals surface area contributed by atoms with Gasteiger partial charge in [-0.05, 0) is 36.4 Å². The summed E-state index contributed by atoms with van der Waals surface area (Å²) < 4.78 is 27.2. The minimum absolute atomic E-state index is 0.101. The maximum absolute atomic E-state index is 14.0. The van der Waals surface area contributed by atoms with Gasteiger partial charge >= 0.3 is 0 Å². The molecule has 3 heterocycles. The third-order valence-corrected chi connectivity index (χ3v) is 4.67. The molecule has 4 nitrogen and oxygen atoms in total. The van der Waals surface area contributed by atoms with E-state index in [-0.39, 0.29) is 11.0 Å². The Hall–Kier alpha value is -3.98. The molecule has 0 aliphatic heterocycles. The predicted octanol–water partition coefficient (Wildman–Crippen LogP) is 5.57. The van der Waals surface area contributed by atoms with Gasteiger partial charge in [0, 0.05) is 35.5 Å². The minimum Gasteiger partial charge on any atom is -0.263 e. The lowest BCUT2D eigenvalue weighted by molar-refractivity contribution is 0.547. The molecule has 4 aromatic rings. The number of fused-ring (bicyclic) bond motifs is 1. The van der Waals surface area contributed by atoms with Gasteiger partial charge in [0.15, 0.2) is 0 Å². The summed E-state index contributed by atoms with van der Waals surface area (Å²) in [5, 5.41) is 0.719. The highest BCUT2D eigenvalue weighted by atomic mass is 19.1. The Morgan fingerprint density at radius 2 is 1.72 bits per heavy atom. The van der Waals surface area contributed by atoms with Gasteiger partial charge in [-0.2, -0.15) is 0 Å². The van der Waals surface area contributed by atoms with Crippen molar-refractivity contribution in [2.45, 2.75) is 26.2 Å². The molecule has 0 saturated carbocycles. The van der Waals surface area contributed by atoms with E-state index in [1.54, 1.807) is 18.6 Å². The topological polar surface area (TPSA) is 51.6 Å². The van der Waals surface area contributed by atoms with Gasteiger partial charge in [0.2, 0.25) is 0 Å². The SMILES string of the molecule is CC(C)(C)c1nc(/C=C/c2ccccn2)c2cncc(C#Cc3ccc(F)cc3F)c2n1. The van der Waals surface area contributed by atoms with Crippen LogP contribution < -0.4 is 0 Å². The third kappa shape index (κ3) is 4.68. The highest BCUT2D eigenvalue weighted by molar-refractivity contribution is 5.91. The molecule has 0 fully saturated rings. The zero-order chi connectivity index (χ0) is 22.7. The van der Waals surface area contributed by atoms with Crippen molar-refractivity contribution < 1.29 is 8.78 Å². The van der Waals surface area contributed by atoms with Crippen LogP contribution in [0.15, 0.2) is 55.0 Å². The second kappa shape index (κ2) is 8.64. The van der Waals surface area contributed by atoms with Crippen molar-refractivity contribution in [2.24, 2.45) is 0 Å². The van der Waals surface area contributed by atoms with Gasteiger partial charge < -0.3 is 0 Å². The predicted molar refractivity (Wildman–Crippen MR) is 122 cm³/mol. The van der Waals surface area contributed by atoms with Crippen molar-refractivity contribution in [1.82, 2.24) is 19.9 Å². The van der Waals surface area contributed by atoms with Crippen LogP contribution in [0.25, 0.3) is 23.1 Å². The maximum atomic E-state index is 14.0. The van der Waals surface area contributed by atoms with E-state index in [2.05, 4.69) is 21.8 Å². The summed E-state index contributed by atoms with van der Waals surface area (Å²) in [6, 6.07) is 8.97. The van der Waals surface area contributed by atoms with E-state index in [1.165, 1.54) is 12.1 Å². The van der Waals surface area contributed by atoms with E-state index in [9.17, 15) is 8.78 Å². The van der Waals surface area contributed by atoms with E-state index in [1.807, 2.05) is 51.1 Å². The molecule has 0 N–H and O–H groups in total. The van der Waals surface area contributed by atoms with Crippen LogP contribution in [0.5, 0.6) is 0 Å². The van der Waals surface area contributed by atoms with E-state index >= 15 is 0 Å². The molecule has 0 spiro atoms. The van der Waals surface area contributed by atoms with Gasteiger partial charge in [-0.25, -0.2) is 18.7 Å². The highest BCUT2D eigenvalue weighted by Gasteiger charge is 2.20. The van der Waals surface area contributed by atoms with Crippen molar-refractivity contribution in [3.8, 4) is 11.8 Å². The van der Waals surface area contributed by atoms with Crippen LogP contribution in [-0.2, 0) is 5.41 Å². The second-order valence-corrected chi connectivity index (χ2v) is 8.23. The summed E-state index contributed by atoms with van der Waals surface area (Å²) >= 11 is 0. The molecule has 3 aromatic heterocycles. The fourth-order valence-electron chi connectivity index (χ4n) is 2.99. The fraction of sp³-hybridized carbons (Fsp3) is 0.154. The second-order valence-electron chi connectivity index (χ2n) is 8.23. The standard InChI is InChI=1S/C26H20F2N4/c1-26(2,3)25-31-23(12-11-20-6-4-5-13-30-20)21-16-29-15-18(24(21)32-25)8-7-17-9-10-19(27)14-22(17)28/h4-6,9-16H,1-3H3/b12-11+. The lowest BCUT2D eigenvalue weighted by Gasteiger charge is -2.18. The molecule has 0 bridgehead atoms. The van der Waals surface area contributed by atoms with Gasteiger partial charge in [0.05, 0.1) is 28.0 Å². The molecular weight excluding hydrogens is 406 g/mol. The molecule has 158 valence electrons. The van der Waals surface area contributed by atoms with E-state index in [0.717, 1.165) is 17.1 Å². The summed E-state index contributed by atoms with van der Waals surface area (Å²) in [5.41, 5.74) is 2.44. The summed E-state index contributed by atoms with van der Waals surface area (Å²) in [6.07, 6.45) is 8.74. The number of pyridine rings is 2. The Balaban J connectivity index is 1.87. The number of rotatable bonds is 2. The van der Waals surface area contributed by atoms with Crippen LogP contribution in [0, 0.1) is 23.5 Å². The molecule has 32 heavy (non-hydrogen) atoms. The molecule has 6 heteroatoms. The first kappa shape index (κ1) is 21.3. The molecule has 0 amide bonds. The first-order valence-corrected chi connectivity index (χ1v) is 10.0. The number of hydrogen-bond acceptors (Lipinski definition) is 4. The Morgan fingerprint density at radius 1 is 0.906 bits per heavy atom. The molecule has 4 rings (SSSR count). The average molecular weight is 426 g/mol. The number of hydrogen-bond donors (Lipinski definition) is 0. The maximum Gasteiger partial charge on any atom is 0.141 e. The summed E-state index contributed by atoms with van der Waals surface area (Å²) in [6.45, 7) is 6.09. The molecular formula is C26H20F2N4. The largest absolute Gasteiger partial charge is 0.263 e. The van der Waals surface area contributed by atoms with Gasteiger partial charge in [0.1, 0.15) is 17.5 Å².